The molecule has 0 unspecified atom stereocenters. The average Bonchev–Trinajstić information content (AvgIpc) is 3.24. The number of fused-ring (bicyclic) bond motifs is 4. The molecular weight excluding hydrogens is 591 g/mol. The molecular formula is C48H33N. The summed E-state index contributed by atoms with van der Waals surface area (Å²) in [6.45, 7) is 0. The molecule has 0 amide bonds. The predicted octanol–water partition coefficient (Wildman–Crippen LogP) is 13.6. The van der Waals surface area contributed by atoms with E-state index in [1.165, 1.54) is 4.90 Å². The molecule has 9 rings (SSSR count). The normalized spacial score (nSPS) is 13.6. The molecule has 0 atom stereocenters. The maximum atomic E-state index is 9.39. The first-order valence-corrected chi connectivity index (χ1v) is 16.2. The van der Waals surface area contributed by atoms with E-state index in [2.05, 4.69) is 0 Å². The molecule has 9 aromatic carbocycles. The number of para-hydroxylation sites is 1. The van der Waals surface area contributed by atoms with Crippen molar-refractivity contribution in [3.8, 4) is 33.4 Å². The Morgan fingerprint density at radius 2 is 0.837 bits per heavy atom. The van der Waals surface area contributed by atoms with E-state index in [1.807, 2.05) is 115 Å². The molecule has 0 aliphatic carbocycles. The van der Waals surface area contributed by atoms with Crippen LogP contribution in [0.25, 0.3) is 65.7 Å². The topological polar surface area (TPSA) is 3.24 Å². The second-order valence-corrected chi connectivity index (χ2v) is 11.9. The standard InChI is InChI=1S/C48H33N/c1-2-15-42(16-3-1)49(44-29-24-35(25-30-44)39-26-31-48-41(33-39)21-20-37-11-5-7-18-46(37)48)43-27-22-34(23-28-43)38-13-8-14-40(32-38)47-19-9-12-36-10-4-6-17-45(36)47/h1-33H/i22D,23D,24D,25D,27D,28D,29D,30D. The Bertz CT molecular complexity index is 3010. The number of nitrogens with zero attached hydrogens (tertiary/aromatic N) is 1. The Hall–Kier alpha value is -6.44. The fourth-order valence-corrected chi connectivity index (χ4v) is 6.56. The summed E-state index contributed by atoms with van der Waals surface area (Å²) in [5.74, 6) is 0. The van der Waals surface area contributed by atoms with Crippen LogP contribution in [0.5, 0.6) is 0 Å². The highest BCUT2D eigenvalue weighted by molar-refractivity contribution is 6.08. The highest BCUT2D eigenvalue weighted by Crippen LogP contribution is 2.38. The van der Waals surface area contributed by atoms with Crippen molar-refractivity contribution in [1.29, 1.82) is 0 Å². The molecule has 0 aliphatic rings. The van der Waals surface area contributed by atoms with Crippen LogP contribution in [0.2, 0.25) is 0 Å². The van der Waals surface area contributed by atoms with Gasteiger partial charge in [-0.25, -0.2) is 0 Å². The first-order valence-electron chi connectivity index (χ1n) is 20.2. The summed E-state index contributed by atoms with van der Waals surface area (Å²) in [6, 6.07) is 45.1. The Labute approximate surface area is 298 Å². The Morgan fingerprint density at radius 1 is 0.306 bits per heavy atom. The van der Waals surface area contributed by atoms with Crippen molar-refractivity contribution >= 4 is 49.4 Å². The van der Waals surface area contributed by atoms with Crippen molar-refractivity contribution in [2.45, 2.75) is 0 Å². The fourth-order valence-electron chi connectivity index (χ4n) is 6.56. The molecule has 0 N–H and O–H groups in total. The van der Waals surface area contributed by atoms with Crippen molar-refractivity contribution in [2.75, 3.05) is 4.90 Å². The third-order valence-corrected chi connectivity index (χ3v) is 8.97. The first kappa shape index (κ1) is 21.4. The summed E-state index contributed by atoms with van der Waals surface area (Å²) < 4.78 is 74.6. The average molecular weight is 632 g/mol. The van der Waals surface area contributed by atoms with Crippen LogP contribution >= 0.6 is 0 Å². The van der Waals surface area contributed by atoms with E-state index in [0.29, 0.717) is 16.8 Å². The molecule has 0 bridgehead atoms. The molecule has 49 heavy (non-hydrogen) atoms. The van der Waals surface area contributed by atoms with Crippen molar-refractivity contribution in [3.05, 3.63) is 200 Å². The van der Waals surface area contributed by atoms with Crippen LogP contribution in [-0.2, 0) is 0 Å². The molecule has 0 spiro atoms. The fraction of sp³-hybridized carbons (Fsp3) is 0. The highest BCUT2D eigenvalue weighted by Gasteiger charge is 2.14. The van der Waals surface area contributed by atoms with Gasteiger partial charge in [0.25, 0.3) is 0 Å². The van der Waals surface area contributed by atoms with Gasteiger partial charge in [-0.3, -0.25) is 0 Å². The summed E-state index contributed by atoms with van der Waals surface area (Å²) in [6.07, 6.45) is 0. The van der Waals surface area contributed by atoms with Gasteiger partial charge in [-0.15, -0.1) is 0 Å². The van der Waals surface area contributed by atoms with Crippen molar-refractivity contribution < 1.29 is 11.0 Å². The minimum atomic E-state index is -0.381. The van der Waals surface area contributed by atoms with Crippen molar-refractivity contribution in [3.63, 3.8) is 0 Å². The summed E-state index contributed by atoms with van der Waals surface area (Å²) in [5.41, 5.74) is 3.09. The Kier molecular flexibility index (Phi) is 5.38. The van der Waals surface area contributed by atoms with Gasteiger partial charge in [0.15, 0.2) is 0 Å². The molecule has 9 aromatic rings. The molecule has 0 saturated carbocycles. The number of hydrogen-bond acceptors (Lipinski definition) is 1. The molecule has 0 saturated heterocycles. The van der Waals surface area contributed by atoms with E-state index >= 15 is 0 Å². The van der Waals surface area contributed by atoms with Crippen LogP contribution in [0, 0.1) is 0 Å². The number of anilines is 3. The van der Waals surface area contributed by atoms with E-state index in [9.17, 15) is 11.0 Å². The van der Waals surface area contributed by atoms with Crippen LogP contribution in [0.4, 0.5) is 17.1 Å². The zero-order chi connectivity index (χ0) is 39.5. The van der Waals surface area contributed by atoms with Crippen LogP contribution < -0.4 is 4.90 Å². The SMILES string of the molecule is [2H]c1c([2H])c(N(c2ccccc2)c2c([2H])c([2H])c(-c3ccc4c(ccc5ccccc54)c3)c([2H])c2[2H])c([2H])c([2H])c1-c1cccc(-c2cccc3ccccc23)c1. The molecule has 1 heteroatoms. The van der Waals surface area contributed by atoms with Crippen LogP contribution in [-0.4, -0.2) is 0 Å². The Balaban J connectivity index is 1.21. The molecule has 0 fully saturated rings. The largest absolute Gasteiger partial charge is 0.311 e. The minimum Gasteiger partial charge on any atom is -0.311 e. The van der Waals surface area contributed by atoms with Crippen LogP contribution in [0.1, 0.15) is 11.0 Å². The van der Waals surface area contributed by atoms with Gasteiger partial charge in [0.05, 0.1) is 11.0 Å². The van der Waals surface area contributed by atoms with Gasteiger partial charge >= 0.3 is 0 Å². The lowest BCUT2D eigenvalue weighted by atomic mass is 9.95. The third kappa shape index (κ3) is 5.42. The summed E-state index contributed by atoms with van der Waals surface area (Å²) in [4.78, 5) is 1.33. The maximum absolute atomic E-state index is 9.39. The van der Waals surface area contributed by atoms with Crippen molar-refractivity contribution in [2.24, 2.45) is 0 Å². The second-order valence-electron chi connectivity index (χ2n) is 11.9. The van der Waals surface area contributed by atoms with E-state index in [4.69, 9.17) is 0 Å². The van der Waals surface area contributed by atoms with E-state index in [-0.39, 0.29) is 70.8 Å². The molecule has 0 heterocycles. The van der Waals surface area contributed by atoms with E-state index in [0.717, 1.165) is 43.4 Å². The minimum absolute atomic E-state index is 0.114. The predicted molar refractivity (Wildman–Crippen MR) is 210 cm³/mol. The van der Waals surface area contributed by atoms with Gasteiger partial charge in [-0.2, -0.15) is 0 Å². The number of hydrogen-bond donors (Lipinski definition) is 0. The summed E-state index contributed by atoms with van der Waals surface area (Å²) >= 11 is 0. The number of benzene rings is 9. The lowest BCUT2D eigenvalue weighted by molar-refractivity contribution is 1.28. The molecule has 0 aliphatic heterocycles. The lowest BCUT2D eigenvalue weighted by Gasteiger charge is -2.26. The van der Waals surface area contributed by atoms with Gasteiger partial charge in [-0.05, 0) is 114 Å². The van der Waals surface area contributed by atoms with Gasteiger partial charge in [0, 0.05) is 17.1 Å². The monoisotopic (exact) mass is 631 g/mol. The zero-order valence-electron chi connectivity index (χ0n) is 34.4. The van der Waals surface area contributed by atoms with Crippen molar-refractivity contribution in [1.82, 2.24) is 0 Å². The Morgan fingerprint density at radius 3 is 1.57 bits per heavy atom. The zero-order valence-corrected chi connectivity index (χ0v) is 26.4. The summed E-state index contributed by atoms with van der Waals surface area (Å²) in [7, 11) is 0. The number of rotatable bonds is 6. The quantitative estimate of drug-likeness (QED) is 0.165. The summed E-state index contributed by atoms with van der Waals surface area (Å²) in [5, 5.41) is 6.17. The lowest BCUT2D eigenvalue weighted by Crippen LogP contribution is -2.09. The van der Waals surface area contributed by atoms with Gasteiger partial charge in [0.1, 0.15) is 0 Å². The van der Waals surface area contributed by atoms with Crippen LogP contribution in [0.3, 0.4) is 0 Å². The first-order chi connectivity index (χ1) is 27.6. The van der Waals surface area contributed by atoms with Crippen LogP contribution in [0.15, 0.2) is 200 Å². The van der Waals surface area contributed by atoms with E-state index < -0.39 is 0 Å². The maximum Gasteiger partial charge on any atom is 0.0645 e. The molecule has 230 valence electrons. The molecule has 1 nitrogen and oxygen atoms in total. The second kappa shape index (κ2) is 12.3. The van der Waals surface area contributed by atoms with Gasteiger partial charge in [-0.1, -0.05) is 152 Å². The van der Waals surface area contributed by atoms with Gasteiger partial charge in [0.2, 0.25) is 0 Å². The van der Waals surface area contributed by atoms with Gasteiger partial charge < -0.3 is 4.90 Å². The van der Waals surface area contributed by atoms with E-state index in [1.54, 1.807) is 36.4 Å². The smallest absolute Gasteiger partial charge is 0.0645 e. The third-order valence-electron chi connectivity index (χ3n) is 8.97. The molecule has 0 aromatic heterocycles. The molecule has 0 radical (unpaired) electrons. The highest BCUT2D eigenvalue weighted by atomic mass is 15.1.